The zero-order valence-electron chi connectivity index (χ0n) is 14.4. The van der Waals surface area contributed by atoms with Gasteiger partial charge in [0.2, 0.25) is 15.9 Å². The van der Waals surface area contributed by atoms with Crippen LogP contribution >= 0.6 is 0 Å². The first-order valence-corrected chi connectivity index (χ1v) is 9.92. The molecule has 0 aliphatic carbocycles. The Bertz CT molecular complexity index is 946. The Morgan fingerprint density at radius 3 is 2.59 bits per heavy atom. The lowest BCUT2D eigenvalue weighted by Gasteiger charge is -2.31. The minimum atomic E-state index is -3.66. The van der Waals surface area contributed by atoms with E-state index in [0.717, 1.165) is 0 Å². The van der Waals surface area contributed by atoms with Crippen LogP contribution in [0.4, 0.5) is 11.4 Å². The molecule has 1 aliphatic heterocycles. The van der Waals surface area contributed by atoms with Crippen molar-refractivity contribution < 1.29 is 18.1 Å². The zero-order valence-corrected chi connectivity index (χ0v) is 15.3. The van der Waals surface area contributed by atoms with E-state index in [1.54, 1.807) is 24.3 Å². The third kappa shape index (κ3) is 4.32. The number of carbonyl (C=O) groups is 1. The maximum absolute atomic E-state index is 12.8. The van der Waals surface area contributed by atoms with Gasteiger partial charge in [-0.15, -0.1) is 0 Å². The van der Waals surface area contributed by atoms with Crippen molar-refractivity contribution >= 4 is 27.3 Å². The lowest BCUT2D eigenvalue weighted by molar-refractivity contribution is -0.384. The van der Waals surface area contributed by atoms with Gasteiger partial charge in [0.1, 0.15) is 0 Å². The minimum absolute atomic E-state index is 0.0813. The summed E-state index contributed by atoms with van der Waals surface area (Å²) >= 11 is 0. The second kappa shape index (κ2) is 7.85. The molecule has 1 heterocycles. The number of non-ortho nitro benzene ring substituents is 1. The van der Waals surface area contributed by atoms with Crippen molar-refractivity contribution in [1.29, 1.82) is 0 Å². The van der Waals surface area contributed by atoms with E-state index in [9.17, 15) is 23.3 Å². The van der Waals surface area contributed by atoms with Gasteiger partial charge in [0.15, 0.2) is 0 Å². The molecule has 3 rings (SSSR count). The summed E-state index contributed by atoms with van der Waals surface area (Å²) in [5, 5.41) is 13.5. The molecule has 1 saturated heterocycles. The third-order valence-corrected chi connectivity index (χ3v) is 6.34. The van der Waals surface area contributed by atoms with E-state index in [4.69, 9.17) is 0 Å². The molecule has 8 nitrogen and oxygen atoms in total. The number of sulfonamides is 1. The van der Waals surface area contributed by atoms with Crippen LogP contribution < -0.4 is 5.32 Å². The largest absolute Gasteiger partial charge is 0.326 e. The number of hydrogen-bond donors (Lipinski definition) is 1. The lowest BCUT2D eigenvalue weighted by Crippen LogP contribution is -2.43. The molecule has 9 heteroatoms. The highest BCUT2D eigenvalue weighted by Gasteiger charge is 2.33. The van der Waals surface area contributed by atoms with Crippen LogP contribution in [-0.2, 0) is 14.8 Å². The van der Waals surface area contributed by atoms with Crippen molar-refractivity contribution in [2.24, 2.45) is 5.92 Å². The molecule has 27 heavy (non-hydrogen) atoms. The molecular weight excluding hydrogens is 370 g/mol. The van der Waals surface area contributed by atoms with Gasteiger partial charge in [-0.1, -0.05) is 24.3 Å². The molecule has 2 aromatic carbocycles. The number of benzene rings is 2. The number of amides is 1. The quantitative estimate of drug-likeness (QED) is 0.624. The van der Waals surface area contributed by atoms with Crippen molar-refractivity contribution in [2.75, 3.05) is 18.4 Å². The normalized spacial score (nSPS) is 18.0. The van der Waals surface area contributed by atoms with E-state index >= 15 is 0 Å². The highest BCUT2D eigenvalue weighted by molar-refractivity contribution is 7.89. The maximum Gasteiger partial charge on any atom is 0.271 e. The molecule has 142 valence electrons. The van der Waals surface area contributed by atoms with Crippen molar-refractivity contribution in [2.45, 2.75) is 17.7 Å². The SMILES string of the molecule is O=C(Nc1cccc([N+](=O)[O-])c1)[C@@H]1CCCN(S(=O)(=O)c2ccccc2)C1. The Morgan fingerprint density at radius 1 is 1.15 bits per heavy atom. The first-order chi connectivity index (χ1) is 12.9. The predicted octanol–water partition coefficient (Wildman–Crippen LogP) is 2.63. The third-order valence-electron chi connectivity index (χ3n) is 4.46. The second-order valence-corrected chi connectivity index (χ2v) is 8.25. The molecule has 1 amide bonds. The molecule has 1 N–H and O–H groups in total. The first-order valence-electron chi connectivity index (χ1n) is 8.48. The van der Waals surface area contributed by atoms with Crippen LogP contribution in [0, 0.1) is 16.0 Å². The molecule has 0 aromatic heterocycles. The molecule has 0 bridgehead atoms. The molecule has 1 aliphatic rings. The van der Waals surface area contributed by atoms with E-state index in [-0.39, 0.29) is 23.0 Å². The Kier molecular flexibility index (Phi) is 5.52. The van der Waals surface area contributed by atoms with Crippen molar-refractivity contribution in [3.63, 3.8) is 0 Å². The van der Waals surface area contributed by atoms with Crippen LogP contribution in [0.15, 0.2) is 59.5 Å². The fourth-order valence-corrected chi connectivity index (χ4v) is 4.60. The van der Waals surface area contributed by atoms with Gasteiger partial charge in [-0.25, -0.2) is 8.42 Å². The molecule has 1 atom stereocenters. The minimum Gasteiger partial charge on any atom is -0.326 e. The number of rotatable bonds is 5. The molecule has 1 fully saturated rings. The van der Waals surface area contributed by atoms with Crippen LogP contribution in [0.25, 0.3) is 0 Å². The van der Waals surface area contributed by atoms with E-state index in [0.29, 0.717) is 25.1 Å². The number of hydrogen-bond acceptors (Lipinski definition) is 5. The van der Waals surface area contributed by atoms with Crippen molar-refractivity contribution in [3.05, 3.63) is 64.7 Å². The highest BCUT2D eigenvalue weighted by Crippen LogP contribution is 2.25. The molecule has 0 spiro atoms. The molecule has 0 unspecified atom stereocenters. The van der Waals surface area contributed by atoms with Crippen LogP contribution in [-0.4, -0.2) is 36.6 Å². The summed E-state index contributed by atoms with van der Waals surface area (Å²) in [6, 6.07) is 13.8. The summed E-state index contributed by atoms with van der Waals surface area (Å²) in [6.45, 7) is 0.440. The number of nitrogens with zero attached hydrogens (tertiary/aromatic N) is 2. The van der Waals surface area contributed by atoms with Crippen LogP contribution in [0.3, 0.4) is 0 Å². The van der Waals surface area contributed by atoms with Crippen LogP contribution in [0.1, 0.15) is 12.8 Å². The van der Waals surface area contributed by atoms with Gasteiger partial charge < -0.3 is 5.32 Å². The second-order valence-electron chi connectivity index (χ2n) is 6.31. The van der Waals surface area contributed by atoms with Gasteiger partial charge in [-0.2, -0.15) is 4.31 Å². The monoisotopic (exact) mass is 389 g/mol. The number of anilines is 1. The van der Waals surface area contributed by atoms with E-state index < -0.39 is 20.9 Å². The van der Waals surface area contributed by atoms with Crippen LogP contribution in [0.2, 0.25) is 0 Å². The van der Waals surface area contributed by atoms with Gasteiger partial charge >= 0.3 is 0 Å². The Hall–Kier alpha value is -2.78. The topological polar surface area (TPSA) is 110 Å². The van der Waals surface area contributed by atoms with E-state index in [1.807, 2.05) is 0 Å². The van der Waals surface area contributed by atoms with Crippen LogP contribution in [0.5, 0.6) is 0 Å². The van der Waals surface area contributed by atoms with E-state index in [2.05, 4.69) is 5.32 Å². The molecule has 2 aromatic rings. The summed E-state index contributed by atoms with van der Waals surface area (Å²) in [5.74, 6) is -0.861. The average Bonchev–Trinajstić information content (AvgIpc) is 2.69. The Labute approximate surface area is 157 Å². The first kappa shape index (κ1) is 19.0. The summed E-state index contributed by atoms with van der Waals surface area (Å²) < 4.78 is 26.8. The number of nitro benzene ring substituents is 1. The number of nitrogens with one attached hydrogen (secondary N) is 1. The zero-order chi connectivity index (χ0) is 19.4. The Morgan fingerprint density at radius 2 is 1.89 bits per heavy atom. The smallest absolute Gasteiger partial charge is 0.271 e. The fraction of sp³-hybridized carbons (Fsp3) is 0.278. The summed E-state index contributed by atoms with van der Waals surface area (Å²) in [6.07, 6.45) is 1.13. The summed E-state index contributed by atoms with van der Waals surface area (Å²) in [4.78, 5) is 23.1. The number of nitro groups is 1. The lowest BCUT2D eigenvalue weighted by atomic mass is 9.98. The molecular formula is C18H19N3O5S. The van der Waals surface area contributed by atoms with Crippen molar-refractivity contribution in [1.82, 2.24) is 4.31 Å². The maximum atomic E-state index is 12.8. The van der Waals surface area contributed by atoms with Gasteiger partial charge in [0.05, 0.1) is 15.7 Å². The van der Waals surface area contributed by atoms with Gasteiger partial charge in [0.25, 0.3) is 5.69 Å². The predicted molar refractivity (Wildman–Crippen MR) is 99.7 cm³/mol. The number of carbonyl (C=O) groups excluding carboxylic acids is 1. The standard InChI is InChI=1S/C18H19N3O5S/c22-18(19-15-7-4-8-16(12-15)21(23)24)14-6-5-11-20(13-14)27(25,26)17-9-2-1-3-10-17/h1-4,7-10,12,14H,5-6,11,13H2,(H,19,22)/t14-/m1/s1. The van der Waals surface area contributed by atoms with Gasteiger partial charge in [-0.3, -0.25) is 14.9 Å². The molecule has 0 saturated carbocycles. The fourth-order valence-electron chi connectivity index (χ4n) is 3.06. The highest BCUT2D eigenvalue weighted by atomic mass is 32.2. The molecule has 0 radical (unpaired) electrons. The van der Waals surface area contributed by atoms with E-state index in [1.165, 1.54) is 34.6 Å². The van der Waals surface area contributed by atoms with Gasteiger partial charge in [0, 0.05) is 30.9 Å². The number of piperidine rings is 1. The van der Waals surface area contributed by atoms with Crippen molar-refractivity contribution in [3.8, 4) is 0 Å². The van der Waals surface area contributed by atoms with Gasteiger partial charge in [-0.05, 0) is 31.0 Å². The summed E-state index contributed by atoms with van der Waals surface area (Å²) in [7, 11) is -3.66. The average molecular weight is 389 g/mol. The summed E-state index contributed by atoms with van der Waals surface area (Å²) in [5.41, 5.74) is 0.196. The Balaban J connectivity index is 1.72.